The van der Waals surface area contributed by atoms with Crippen LogP contribution in [0.1, 0.15) is 35.0 Å². The van der Waals surface area contributed by atoms with Crippen molar-refractivity contribution in [2.24, 2.45) is 0 Å². The van der Waals surface area contributed by atoms with Crippen molar-refractivity contribution in [3.63, 3.8) is 0 Å². The van der Waals surface area contributed by atoms with Crippen molar-refractivity contribution < 1.29 is 4.79 Å². The number of amides is 1. The maximum atomic E-state index is 12.6. The molecule has 6 nitrogen and oxygen atoms in total. The Labute approximate surface area is 162 Å². The maximum Gasteiger partial charge on any atom is 0.244 e. The highest BCUT2D eigenvalue weighted by atomic mass is 32.1. The summed E-state index contributed by atoms with van der Waals surface area (Å²) in [5.74, 6) is -0.0466. The highest BCUT2D eigenvalue weighted by Crippen LogP contribution is 2.30. The number of nitrogens with zero attached hydrogens (tertiary/aromatic N) is 4. The van der Waals surface area contributed by atoms with E-state index in [2.05, 4.69) is 56.0 Å². The predicted molar refractivity (Wildman–Crippen MR) is 105 cm³/mol. The zero-order valence-corrected chi connectivity index (χ0v) is 16.1. The molecule has 2 aromatic heterocycles. The molecule has 0 saturated heterocycles. The number of rotatable bonds is 6. The van der Waals surface area contributed by atoms with Crippen LogP contribution in [-0.2, 0) is 17.8 Å². The number of carbonyl (C=O) groups excluding carboxylic acids is 1. The van der Waals surface area contributed by atoms with Crippen LogP contribution >= 0.6 is 11.3 Å². The molecule has 1 N–H and O–H groups in total. The topological polar surface area (TPSA) is 63.1 Å². The van der Waals surface area contributed by atoms with Crippen molar-refractivity contribution in [1.29, 1.82) is 0 Å². The Morgan fingerprint density at radius 3 is 2.93 bits per heavy atom. The van der Waals surface area contributed by atoms with E-state index in [0.29, 0.717) is 6.54 Å². The molecule has 0 saturated carbocycles. The summed E-state index contributed by atoms with van der Waals surface area (Å²) in [5, 5.41) is 9.36. The van der Waals surface area contributed by atoms with Gasteiger partial charge in [-0.3, -0.25) is 9.69 Å². The molecule has 1 aliphatic heterocycles. The third-order valence-corrected chi connectivity index (χ3v) is 6.17. The molecule has 4 rings (SSSR count). The van der Waals surface area contributed by atoms with Gasteiger partial charge in [-0.25, -0.2) is 9.67 Å². The molecular weight excluding hydrogens is 358 g/mol. The number of nitrogens with one attached hydrogen (secondary N) is 1. The third kappa shape index (κ3) is 3.94. The minimum absolute atomic E-state index is 0.0466. The molecule has 0 radical (unpaired) electrons. The lowest BCUT2D eigenvalue weighted by Gasteiger charge is -2.35. The van der Waals surface area contributed by atoms with Gasteiger partial charge in [0.2, 0.25) is 5.91 Å². The van der Waals surface area contributed by atoms with Crippen LogP contribution in [0.5, 0.6) is 0 Å². The lowest BCUT2D eigenvalue weighted by atomic mass is 10.0. The first kappa shape index (κ1) is 17.9. The SMILES string of the molecule is C[C@H](C(=O)NC[C@H](c1ccccc1)N1CCc2sccc2C1)n1cncn1. The molecule has 1 amide bonds. The van der Waals surface area contributed by atoms with Crippen LogP contribution < -0.4 is 5.32 Å². The van der Waals surface area contributed by atoms with Gasteiger partial charge >= 0.3 is 0 Å². The Bertz CT molecular complexity index is 877. The zero-order chi connectivity index (χ0) is 18.6. The summed E-state index contributed by atoms with van der Waals surface area (Å²) in [6, 6.07) is 12.4. The molecule has 27 heavy (non-hydrogen) atoms. The number of thiophene rings is 1. The fraction of sp³-hybridized carbons (Fsp3) is 0.350. The van der Waals surface area contributed by atoms with Gasteiger partial charge in [0.1, 0.15) is 18.7 Å². The molecule has 0 aliphatic carbocycles. The molecule has 3 aromatic rings. The summed E-state index contributed by atoms with van der Waals surface area (Å²) < 4.78 is 1.57. The van der Waals surface area contributed by atoms with E-state index in [4.69, 9.17) is 0 Å². The summed E-state index contributed by atoms with van der Waals surface area (Å²) in [7, 11) is 0. The Kier molecular flexibility index (Phi) is 5.31. The van der Waals surface area contributed by atoms with Crippen molar-refractivity contribution in [2.45, 2.75) is 32.0 Å². The van der Waals surface area contributed by atoms with Crippen LogP contribution in [0.25, 0.3) is 0 Å². The zero-order valence-electron chi connectivity index (χ0n) is 15.3. The summed E-state index contributed by atoms with van der Waals surface area (Å²) in [6.45, 7) is 4.33. The van der Waals surface area contributed by atoms with Crippen molar-refractivity contribution in [2.75, 3.05) is 13.1 Å². The smallest absolute Gasteiger partial charge is 0.244 e. The van der Waals surface area contributed by atoms with Gasteiger partial charge < -0.3 is 5.32 Å². The van der Waals surface area contributed by atoms with Gasteiger partial charge in [-0.15, -0.1) is 11.3 Å². The standard InChI is InChI=1S/C20H23N5OS/c1-15(25-14-21-13-23-25)20(26)22-11-18(16-5-3-2-4-6-16)24-9-7-19-17(12-24)8-10-27-19/h2-6,8,10,13-15,18H,7,9,11-12H2,1H3,(H,22,26)/t15-,18-/m1/s1. The molecule has 0 unspecified atom stereocenters. The fourth-order valence-corrected chi connectivity index (χ4v) is 4.44. The molecule has 0 bridgehead atoms. The Morgan fingerprint density at radius 2 is 2.15 bits per heavy atom. The molecule has 1 aliphatic rings. The van der Waals surface area contributed by atoms with Gasteiger partial charge in [0.15, 0.2) is 0 Å². The van der Waals surface area contributed by atoms with Gasteiger partial charge in [0, 0.05) is 24.5 Å². The predicted octanol–water partition coefficient (Wildman–Crippen LogP) is 2.82. The van der Waals surface area contributed by atoms with Gasteiger partial charge in [-0.1, -0.05) is 30.3 Å². The number of fused-ring (bicyclic) bond motifs is 1. The number of carbonyl (C=O) groups is 1. The third-order valence-electron chi connectivity index (χ3n) is 5.14. The minimum Gasteiger partial charge on any atom is -0.352 e. The molecule has 0 fully saturated rings. The first-order valence-corrected chi connectivity index (χ1v) is 10.1. The van der Waals surface area contributed by atoms with Crippen LogP contribution in [0.15, 0.2) is 54.4 Å². The van der Waals surface area contributed by atoms with Gasteiger partial charge in [-0.2, -0.15) is 5.10 Å². The second-order valence-electron chi connectivity index (χ2n) is 6.81. The molecule has 3 heterocycles. The average Bonchev–Trinajstić information content (AvgIpc) is 3.39. The Hall–Kier alpha value is -2.51. The Balaban J connectivity index is 1.48. The van der Waals surface area contributed by atoms with E-state index in [9.17, 15) is 4.79 Å². The van der Waals surface area contributed by atoms with Crippen molar-refractivity contribution >= 4 is 17.2 Å². The largest absolute Gasteiger partial charge is 0.352 e. The van der Waals surface area contributed by atoms with E-state index >= 15 is 0 Å². The lowest BCUT2D eigenvalue weighted by molar-refractivity contribution is -0.124. The number of aromatic nitrogens is 3. The number of hydrogen-bond donors (Lipinski definition) is 1. The molecule has 7 heteroatoms. The van der Waals surface area contributed by atoms with Crippen molar-refractivity contribution in [3.05, 3.63) is 70.4 Å². The highest BCUT2D eigenvalue weighted by molar-refractivity contribution is 7.10. The molecule has 0 spiro atoms. The van der Waals surface area contributed by atoms with Crippen LogP contribution in [0, 0.1) is 0 Å². The second kappa shape index (κ2) is 8.02. The highest BCUT2D eigenvalue weighted by Gasteiger charge is 2.26. The van der Waals surface area contributed by atoms with E-state index in [1.54, 1.807) is 11.0 Å². The number of hydrogen-bond acceptors (Lipinski definition) is 5. The monoisotopic (exact) mass is 381 g/mol. The number of benzene rings is 1. The van der Waals surface area contributed by atoms with Crippen LogP contribution in [0.4, 0.5) is 0 Å². The minimum atomic E-state index is -0.381. The maximum absolute atomic E-state index is 12.6. The quantitative estimate of drug-likeness (QED) is 0.713. The van der Waals surface area contributed by atoms with Crippen LogP contribution in [-0.4, -0.2) is 38.7 Å². The van der Waals surface area contributed by atoms with E-state index < -0.39 is 0 Å². The average molecular weight is 382 g/mol. The molecular formula is C20H23N5OS. The fourth-order valence-electron chi connectivity index (χ4n) is 3.55. The van der Waals surface area contributed by atoms with E-state index in [1.165, 1.54) is 22.3 Å². The van der Waals surface area contributed by atoms with E-state index in [0.717, 1.165) is 19.5 Å². The Morgan fingerprint density at radius 1 is 1.30 bits per heavy atom. The van der Waals surface area contributed by atoms with Crippen LogP contribution in [0.3, 0.4) is 0 Å². The van der Waals surface area contributed by atoms with Gasteiger partial charge in [-0.05, 0) is 35.9 Å². The first-order chi connectivity index (χ1) is 13.2. The molecule has 140 valence electrons. The van der Waals surface area contributed by atoms with Gasteiger partial charge in [0.25, 0.3) is 0 Å². The summed E-state index contributed by atoms with van der Waals surface area (Å²) in [4.78, 5) is 20.5. The van der Waals surface area contributed by atoms with Crippen molar-refractivity contribution in [1.82, 2.24) is 25.0 Å². The summed E-state index contributed by atoms with van der Waals surface area (Å²) >= 11 is 1.84. The summed E-state index contributed by atoms with van der Waals surface area (Å²) in [6.07, 6.45) is 4.09. The normalized spacial score (nSPS) is 16.5. The first-order valence-electron chi connectivity index (χ1n) is 9.18. The van der Waals surface area contributed by atoms with Crippen molar-refractivity contribution in [3.8, 4) is 0 Å². The van der Waals surface area contributed by atoms with Gasteiger partial charge in [0.05, 0.1) is 6.04 Å². The molecule has 2 atom stereocenters. The van der Waals surface area contributed by atoms with Crippen LogP contribution in [0.2, 0.25) is 0 Å². The van der Waals surface area contributed by atoms with E-state index in [-0.39, 0.29) is 18.0 Å². The molecule has 1 aromatic carbocycles. The van der Waals surface area contributed by atoms with E-state index in [1.807, 2.05) is 24.3 Å². The second-order valence-corrected chi connectivity index (χ2v) is 7.81. The lowest BCUT2D eigenvalue weighted by Crippen LogP contribution is -2.42. The summed E-state index contributed by atoms with van der Waals surface area (Å²) in [5.41, 5.74) is 2.64.